The van der Waals surface area contributed by atoms with Crippen LogP contribution in [0.15, 0.2) is 77.7 Å². The van der Waals surface area contributed by atoms with Crippen molar-refractivity contribution in [2.45, 2.75) is 22.6 Å². The summed E-state index contributed by atoms with van der Waals surface area (Å²) in [6.45, 7) is 1.24. The van der Waals surface area contributed by atoms with E-state index in [0.717, 1.165) is 5.39 Å². The van der Waals surface area contributed by atoms with Gasteiger partial charge in [0.2, 0.25) is 14.7 Å². The average Bonchev–Trinajstić information content (AvgIpc) is 2.79. The molecule has 3 aromatic carbocycles. The number of carbonyl (C=O) groups is 1. The molecule has 1 amide bonds. The molecule has 1 aliphatic rings. The molecular formula is C23H25N3O3S. The molecule has 0 aromatic heterocycles. The van der Waals surface area contributed by atoms with Crippen LogP contribution in [0.4, 0.5) is 5.69 Å². The van der Waals surface area contributed by atoms with Crippen molar-refractivity contribution < 1.29 is 13.2 Å². The number of anilines is 1. The van der Waals surface area contributed by atoms with Gasteiger partial charge in [0.1, 0.15) is 0 Å². The topological polar surface area (TPSA) is 101 Å². The van der Waals surface area contributed by atoms with Gasteiger partial charge < -0.3 is 16.4 Å². The summed E-state index contributed by atoms with van der Waals surface area (Å²) in [5.41, 5.74) is 7.15. The number of carbonyl (C=O) groups excluding carboxylic acids is 1. The van der Waals surface area contributed by atoms with Crippen molar-refractivity contribution in [1.29, 1.82) is 0 Å². The van der Waals surface area contributed by atoms with Crippen molar-refractivity contribution in [3.05, 3.63) is 72.8 Å². The van der Waals surface area contributed by atoms with Gasteiger partial charge in [-0.25, -0.2) is 8.42 Å². The first-order valence-electron chi connectivity index (χ1n) is 10.0. The summed E-state index contributed by atoms with van der Waals surface area (Å²) < 4.78 is 28.0. The van der Waals surface area contributed by atoms with Crippen LogP contribution in [0.3, 0.4) is 0 Å². The maximum atomic E-state index is 14.0. The number of sulfone groups is 1. The Bertz CT molecular complexity index is 1150. The summed E-state index contributed by atoms with van der Waals surface area (Å²) in [6.07, 6.45) is 1.01. The number of amides is 1. The maximum absolute atomic E-state index is 14.0. The fraction of sp³-hybridized carbons (Fsp3) is 0.261. The number of hydrogen-bond donors (Lipinski definition) is 3. The molecule has 0 spiro atoms. The number of rotatable bonds is 5. The van der Waals surface area contributed by atoms with E-state index in [1.807, 2.05) is 24.3 Å². The molecule has 1 unspecified atom stereocenters. The Morgan fingerprint density at radius 3 is 2.30 bits per heavy atom. The van der Waals surface area contributed by atoms with E-state index < -0.39 is 26.5 Å². The lowest BCUT2D eigenvalue weighted by Crippen LogP contribution is -2.63. The highest BCUT2D eigenvalue weighted by molar-refractivity contribution is 7.93. The fourth-order valence-corrected chi connectivity index (χ4v) is 6.21. The largest absolute Gasteiger partial charge is 0.324 e. The van der Waals surface area contributed by atoms with Crippen LogP contribution in [-0.4, -0.2) is 32.3 Å². The van der Waals surface area contributed by atoms with E-state index in [1.54, 1.807) is 42.5 Å². The van der Waals surface area contributed by atoms with Gasteiger partial charge in [0.25, 0.3) is 5.91 Å². The van der Waals surface area contributed by atoms with Gasteiger partial charge in [-0.05, 0) is 49.5 Å². The van der Waals surface area contributed by atoms with Crippen LogP contribution in [0.25, 0.3) is 10.8 Å². The third-order valence-electron chi connectivity index (χ3n) is 5.82. The molecule has 156 valence electrons. The number of nitrogens with one attached hydrogen (secondary N) is 2. The molecule has 1 fully saturated rings. The molecule has 1 atom stereocenters. The van der Waals surface area contributed by atoms with Gasteiger partial charge in [0.05, 0.1) is 4.90 Å². The Hall–Kier alpha value is -2.74. The lowest BCUT2D eigenvalue weighted by Gasteiger charge is -2.38. The van der Waals surface area contributed by atoms with Gasteiger partial charge >= 0.3 is 0 Å². The predicted octanol–water partition coefficient (Wildman–Crippen LogP) is 2.91. The van der Waals surface area contributed by atoms with Gasteiger partial charge in [-0.2, -0.15) is 0 Å². The summed E-state index contributed by atoms with van der Waals surface area (Å²) in [5, 5.41) is 7.31. The predicted molar refractivity (Wildman–Crippen MR) is 119 cm³/mol. The SMILES string of the molecule is NC(C(=O)Nc1ccccc1)(C1CCNCC1)S(=O)(=O)c1cccc2ccccc12. The maximum Gasteiger partial charge on any atom is 0.260 e. The molecule has 1 saturated heterocycles. The molecule has 0 aliphatic carbocycles. The Kier molecular flexibility index (Phi) is 5.60. The molecule has 0 saturated carbocycles. The molecule has 4 rings (SSSR count). The quantitative estimate of drug-likeness (QED) is 0.586. The van der Waals surface area contributed by atoms with Crippen LogP contribution in [0, 0.1) is 5.92 Å². The number of hydrogen-bond acceptors (Lipinski definition) is 5. The monoisotopic (exact) mass is 423 g/mol. The third-order valence-corrected chi connectivity index (χ3v) is 8.16. The highest BCUT2D eigenvalue weighted by Gasteiger charge is 2.54. The summed E-state index contributed by atoms with van der Waals surface area (Å²) >= 11 is 0. The highest BCUT2D eigenvalue weighted by Crippen LogP contribution is 2.37. The first kappa shape index (κ1) is 20.5. The number of piperidine rings is 1. The lowest BCUT2D eigenvalue weighted by atomic mass is 9.89. The minimum absolute atomic E-state index is 0.0878. The lowest BCUT2D eigenvalue weighted by molar-refractivity contribution is -0.120. The number of fused-ring (bicyclic) bond motifs is 1. The van der Waals surface area contributed by atoms with Crippen LogP contribution in [0.5, 0.6) is 0 Å². The van der Waals surface area contributed by atoms with E-state index in [1.165, 1.54) is 6.07 Å². The van der Waals surface area contributed by atoms with E-state index in [9.17, 15) is 13.2 Å². The molecular weight excluding hydrogens is 398 g/mol. The summed E-state index contributed by atoms with van der Waals surface area (Å²) in [5.74, 6) is -1.21. The van der Waals surface area contributed by atoms with E-state index in [-0.39, 0.29) is 4.90 Å². The second-order valence-electron chi connectivity index (χ2n) is 7.62. The normalized spacial score (nSPS) is 17.4. The Labute approximate surface area is 176 Å². The number of nitrogens with two attached hydrogens (primary N) is 1. The van der Waals surface area contributed by atoms with Crippen molar-refractivity contribution in [2.75, 3.05) is 18.4 Å². The van der Waals surface area contributed by atoms with E-state index >= 15 is 0 Å². The fourth-order valence-electron chi connectivity index (χ4n) is 4.14. The molecule has 1 aliphatic heterocycles. The zero-order valence-corrected chi connectivity index (χ0v) is 17.4. The Morgan fingerprint density at radius 2 is 1.57 bits per heavy atom. The molecule has 0 bridgehead atoms. The Morgan fingerprint density at radius 1 is 0.933 bits per heavy atom. The first-order chi connectivity index (χ1) is 14.4. The second-order valence-corrected chi connectivity index (χ2v) is 9.74. The zero-order valence-electron chi connectivity index (χ0n) is 16.5. The number of para-hydroxylation sites is 1. The molecule has 7 heteroatoms. The first-order valence-corrected chi connectivity index (χ1v) is 11.5. The summed E-state index contributed by atoms with van der Waals surface area (Å²) in [6, 6.07) is 21.1. The van der Waals surface area contributed by atoms with E-state index in [0.29, 0.717) is 37.0 Å². The van der Waals surface area contributed by atoms with Crippen LogP contribution in [0.2, 0.25) is 0 Å². The van der Waals surface area contributed by atoms with E-state index in [2.05, 4.69) is 10.6 Å². The van der Waals surface area contributed by atoms with Gasteiger partial charge in [0.15, 0.2) is 0 Å². The smallest absolute Gasteiger partial charge is 0.260 e. The van der Waals surface area contributed by atoms with Crippen LogP contribution in [-0.2, 0) is 14.6 Å². The summed E-state index contributed by atoms with van der Waals surface area (Å²) in [4.78, 5) is 11.5. The molecule has 1 heterocycles. The molecule has 6 nitrogen and oxygen atoms in total. The van der Waals surface area contributed by atoms with Crippen molar-refractivity contribution in [1.82, 2.24) is 5.32 Å². The Balaban J connectivity index is 1.85. The van der Waals surface area contributed by atoms with Gasteiger partial charge in [-0.3, -0.25) is 4.79 Å². The number of benzene rings is 3. The summed E-state index contributed by atoms with van der Waals surface area (Å²) in [7, 11) is -4.21. The minimum Gasteiger partial charge on any atom is -0.324 e. The highest BCUT2D eigenvalue weighted by atomic mass is 32.2. The molecule has 3 aromatic rings. The van der Waals surface area contributed by atoms with Crippen LogP contribution < -0.4 is 16.4 Å². The van der Waals surface area contributed by atoms with Gasteiger partial charge in [-0.1, -0.05) is 54.6 Å². The zero-order chi connectivity index (χ0) is 21.2. The average molecular weight is 424 g/mol. The van der Waals surface area contributed by atoms with Crippen LogP contribution >= 0.6 is 0 Å². The molecule has 4 N–H and O–H groups in total. The van der Waals surface area contributed by atoms with Crippen molar-refractivity contribution >= 4 is 32.2 Å². The van der Waals surface area contributed by atoms with E-state index in [4.69, 9.17) is 5.73 Å². The van der Waals surface area contributed by atoms with Crippen molar-refractivity contribution in [2.24, 2.45) is 11.7 Å². The standard InChI is InChI=1S/C23H25N3O3S/c24-23(18-13-15-25-16-14-18,22(27)26-19-9-2-1-3-10-19)30(28,29)21-12-6-8-17-7-4-5-11-20(17)21/h1-12,18,25H,13-16,24H2,(H,26,27). The van der Waals surface area contributed by atoms with Gasteiger partial charge in [-0.15, -0.1) is 0 Å². The van der Waals surface area contributed by atoms with Gasteiger partial charge in [0, 0.05) is 17.0 Å². The third kappa shape index (κ3) is 3.49. The van der Waals surface area contributed by atoms with Crippen molar-refractivity contribution in [3.63, 3.8) is 0 Å². The molecule has 30 heavy (non-hydrogen) atoms. The van der Waals surface area contributed by atoms with Crippen LogP contribution in [0.1, 0.15) is 12.8 Å². The molecule has 0 radical (unpaired) electrons. The minimum atomic E-state index is -4.21. The van der Waals surface area contributed by atoms with Crippen molar-refractivity contribution in [3.8, 4) is 0 Å². The second kappa shape index (κ2) is 8.18.